The fraction of sp³-hybridized carbons (Fsp3) is 0.200. The molecular formula is C20H18Br2N2. The van der Waals surface area contributed by atoms with E-state index < -0.39 is 0 Å². The van der Waals surface area contributed by atoms with Crippen LogP contribution in [0.5, 0.6) is 0 Å². The Labute approximate surface area is 159 Å². The molecule has 0 N–H and O–H groups in total. The molecule has 3 rings (SSSR count). The van der Waals surface area contributed by atoms with Gasteiger partial charge in [0.2, 0.25) is 0 Å². The van der Waals surface area contributed by atoms with E-state index >= 15 is 0 Å². The van der Waals surface area contributed by atoms with Crippen LogP contribution in [0.1, 0.15) is 22.3 Å². The Hall–Kier alpha value is -1.52. The lowest BCUT2D eigenvalue weighted by Crippen LogP contribution is -2.01. The fourth-order valence-electron chi connectivity index (χ4n) is 3.21. The van der Waals surface area contributed by atoms with Crippen molar-refractivity contribution >= 4 is 31.9 Å². The predicted octanol–water partition coefficient (Wildman–Crippen LogP) is 6.57. The normalized spacial score (nSPS) is 10.9. The molecule has 2 aromatic carbocycles. The monoisotopic (exact) mass is 444 g/mol. The molecule has 0 aliphatic heterocycles. The quantitative estimate of drug-likeness (QED) is 0.329. The summed E-state index contributed by atoms with van der Waals surface area (Å²) in [5.74, 6) is 0. The van der Waals surface area contributed by atoms with Crippen LogP contribution in [-0.2, 0) is 0 Å². The molecule has 0 atom stereocenters. The first-order valence-corrected chi connectivity index (χ1v) is 9.35. The van der Waals surface area contributed by atoms with E-state index in [9.17, 15) is 0 Å². The Morgan fingerprint density at radius 1 is 0.625 bits per heavy atom. The number of benzene rings is 2. The summed E-state index contributed by atoms with van der Waals surface area (Å²) >= 11 is 7.12. The molecule has 122 valence electrons. The van der Waals surface area contributed by atoms with Gasteiger partial charge in [0.25, 0.3) is 0 Å². The van der Waals surface area contributed by atoms with Gasteiger partial charge in [0.15, 0.2) is 4.73 Å². The second-order valence-corrected chi connectivity index (χ2v) is 7.50. The van der Waals surface area contributed by atoms with E-state index in [-0.39, 0.29) is 0 Å². The second-order valence-electron chi connectivity index (χ2n) is 6.04. The van der Waals surface area contributed by atoms with Gasteiger partial charge in [0.05, 0.1) is 5.69 Å². The van der Waals surface area contributed by atoms with Crippen LogP contribution in [0.15, 0.2) is 45.7 Å². The molecule has 0 bridgehead atoms. The van der Waals surface area contributed by atoms with E-state index in [2.05, 4.69) is 101 Å². The van der Waals surface area contributed by atoms with Gasteiger partial charge in [-0.2, -0.15) is 0 Å². The van der Waals surface area contributed by atoms with E-state index in [1.165, 1.54) is 33.4 Å². The van der Waals surface area contributed by atoms with Gasteiger partial charge in [-0.25, -0.2) is 9.97 Å². The summed E-state index contributed by atoms with van der Waals surface area (Å²) in [5.41, 5.74) is 9.21. The fourth-order valence-corrected chi connectivity index (χ4v) is 4.35. The van der Waals surface area contributed by atoms with Crippen LogP contribution >= 0.6 is 31.9 Å². The minimum atomic E-state index is 0.585. The van der Waals surface area contributed by atoms with Crippen LogP contribution < -0.4 is 0 Å². The van der Waals surface area contributed by atoms with Gasteiger partial charge >= 0.3 is 0 Å². The molecule has 0 fully saturated rings. The van der Waals surface area contributed by atoms with Crippen molar-refractivity contribution in [2.75, 3.05) is 0 Å². The number of halogens is 2. The first-order chi connectivity index (χ1) is 11.4. The lowest BCUT2D eigenvalue weighted by molar-refractivity contribution is 1.09. The molecule has 1 aromatic heterocycles. The molecule has 0 saturated heterocycles. The van der Waals surface area contributed by atoms with Crippen molar-refractivity contribution in [3.05, 3.63) is 68.0 Å². The smallest absolute Gasteiger partial charge is 0.198 e. The Bertz CT molecular complexity index is 893. The third-order valence-electron chi connectivity index (χ3n) is 4.29. The molecule has 24 heavy (non-hydrogen) atoms. The number of nitrogens with zero attached hydrogens (tertiary/aromatic N) is 2. The Kier molecular flexibility index (Phi) is 4.88. The molecule has 2 nitrogen and oxygen atoms in total. The van der Waals surface area contributed by atoms with Gasteiger partial charge in [-0.3, -0.25) is 0 Å². The van der Waals surface area contributed by atoms with Crippen molar-refractivity contribution in [2.24, 2.45) is 0 Å². The first-order valence-electron chi connectivity index (χ1n) is 7.76. The van der Waals surface area contributed by atoms with Crippen LogP contribution in [0.4, 0.5) is 0 Å². The van der Waals surface area contributed by atoms with Gasteiger partial charge in [0, 0.05) is 11.1 Å². The minimum absolute atomic E-state index is 0.585. The molecule has 0 radical (unpaired) electrons. The summed E-state index contributed by atoms with van der Waals surface area (Å²) in [5, 5.41) is 0. The summed E-state index contributed by atoms with van der Waals surface area (Å²) in [4.78, 5) is 9.26. The topological polar surface area (TPSA) is 25.8 Å². The number of aryl methyl sites for hydroxylation is 4. The van der Waals surface area contributed by atoms with Crippen molar-refractivity contribution in [3.8, 4) is 22.4 Å². The number of hydrogen-bond donors (Lipinski definition) is 0. The highest BCUT2D eigenvalue weighted by Crippen LogP contribution is 2.41. The predicted molar refractivity (Wildman–Crippen MR) is 107 cm³/mol. The molecule has 0 aliphatic carbocycles. The molecule has 0 unspecified atom stereocenters. The summed E-state index contributed by atoms with van der Waals surface area (Å²) in [7, 11) is 0. The van der Waals surface area contributed by atoms with Gasteiger partial charge in [-0.1, -0.05) is 36.4 Å². The number of rotatable bonds is 2. The molecule has 0 amide bonds. The molecule has 1 heterocycles. The molecule has 0 aliphatic rings. The van der Waals surface area contributed by atoms with E-state index in [1.807, 2.05) is 0 Å². The van der Waals surface area contributed by atoms with Crippen molar-refractivity contribution in [1.29, 1.82) is 0 Å². The van der Waals surface area contributed by atoms with Gasteiger partial charge < -0.3 is 0 Å². The SMILES string of the molecule is Cc1cccc(C)c1-c1nc(Br)nc(Br)c1-c1c(C)cccc1C. The molecule has 0 saturated carbocycles. The first kappa shape index (κ1) is 17.3. The van der Waals surface area contributed by atoms with Crippen LogP contribution in [0.3, 0.4) is 0 Å². The Morgan fingerprint density at radius 2 is 1.08 bits per heavy atom. The third kappa shape index (κ3) is 3.05. The Balaban J connectivity index is 2.45. The number of hydrogen-bond acceptors (Lipinski definition) is 2. The zero-order chi connectivity index (χ0) is 17.4. The highest BCUT2D eigenvalue weighted by molar-refractivity contribution is 9.11. The minimum Gasteiger partial charge on any atom is -0.221 e. The van der Waals surface area contributed by atoms with Crippen LogP contribution in [0.2, 0.25) is 0 Å². The van der Waals surface area contributed by atoms with E-state index in [0.717, 1.165) is 15.9 Å². The standard InChI is InChI=1S/C20H18Br2N2/c1-11-7-5-8-12(2)15(11)17-18(23-20(22)24-19(17)21)16-13(3)9-6-10-14(16)4/h5-10H,1-4H3. The lowest BCUT2D eigenvalue weighted by atomic mass is 9.90. The van der Waals surface area contributed by atoms with Gasteiger partial charge in [-0.15, -0.1) is 0 Å². The summed E-state index contributed by atoms with van der Waals surface area (Å²) in [6.45, 7) is 8.51. The molecule has 3 aromatic rings. The molecule has 4 heteroatoms. The maximum atomic E-state index is 4.76. The zero-order valence-corrected chi connectivity index (χ0v) is 17.3. The average Bonchev–Trinajstić information content (AvgIpc) is 2.49. The zero-order valence-electron chi connectivity index (χ0n) is 14.1. The van der Waals surface area contributed by atoms with Crippen LogP contribution in [0, 0.1) is 27.7 Å². The van der Waals surface area contributed by atoms with Crippen LogP contribution in [0.25, 0.3) is 22.4 Å². The molecular weight excluding hydrogens is 428 g/mol. The van der Waals surface area contributed by atoms with Crippen LogP contribution in [-0.4, -0.2) is 9.97 Å². The highest BCUT2D eigenvalue weighted by atomic mass is 79.9. The molecule has 0 spiro atoms. The summed E-state index contributed by atoms with van der Waals surface area (Å²) in [6, 6.07) is 12.7. The van der Waals surface area contributed by atoms with E-state index in [4.69, 9.17) is 4.98 Å². The summed E-state index contributed by atoms with van der Waals surface area (Å²) in [6.07, 6.45) is 0. The maximum absolute atomic E-state index is 4.76. The Morgan fingerprint density at radius 3 is 1.58 bits per heavy atom. The second kappa shape index (κ2) is 6.77. The van der Waals surface area contributed by atoms with Gasteiger partial charge in [0.1, 0.15) is 4.60 Å². The maximum Gasteiger partial charge on any atom is 0.198 e. The van der Waals surface area contributed by atoms with E-state index in [0.29, 0.717) is 4.73 Å². The highest BCUT2D eigenvalue weighted by Gasteiger charge is 2.20. The van der Waals surface area contributed by atoms with Crippen molar-refractivity contribution < 1.29 is 0 Å². The van der Waals surface area contributed by atoms with Crippen molar-refractivity contribution in [3.63, 3.8) is 0 Å². The average molecular weight is 446 g/mol. The third-order valence-corrected chi connectivity index (χ3v) is 5.22. The largest absolute Gasteiger partial charge is 0.221 e. The van der Waals surface area contributed by atoms with Crippen molar-refractivity contribution in [1.82, 2.24) is 9.97 Å². The summed E-state index contributed by atoms with van der Waals surface area (Å²) < 4.78 is 1.39. The number of aromatic nitrogens is 2. The van der Waals surface area contributed by atoms with E-state index in [1.54, 1.807) is 0 Å². The lowest BCUT2D eigenvalue weighted by Gasteiger charge is -2.18. The van der Waals surface area contributed by atoms with Gasteiger partial charge in [-0.05, 0) is 87.4 Å². The van der Waals surface area contributed by atoms with Crippen molar-refractivity contribution in [2.45, 2.75) is 27.7 Å².